The van der Waals surface area contributed by atoms with Crippen molar-refractivity contribution in [3.8, 4) is 22.5 Å². The third kappa shape index (κ3) is 2.13. The van der Waals surface area contributed by atoms with Crippen LogP contribution in [0, 0.1) is 5.82 Å². The number of aromatic amines is 1. The molecule has 106 valence electrons. The highest BCUT2D eigenvalue weighted by Crippen LogP contribution is 2.29. The minimum absolute atomic E-state index is 0.259. The first-order valence-corrected chi connectivity index (χ1v) is 6.82. The van der Waals surface area contributed by atoms with Crippen molar-refractivity contribution in [1.29, 1.82) is 0 Å². The molecule has 0 aliphatic rings. The summed E-state index contributed by atoms with van der Waals surface area (Å²) in [4.78, 5) is 8.19. The zero-order chi connectivity index (χ0) is 14.9. The molecule has 0 saturated heterocycles. The average molecular weight is 290 g/mol. The Kier molecular flexibility index (Phi) is 2.89. The van der Waals surface area contributed by atoms with Gasteiger partial charge in [0.2, 0.25) is 0 Å². The van der Waals surface area contributed by atoms with Crippen LogP contribution in [0.15, 0.2) is 61.1 Å². The van der Waals surface area contributed by atoms with Crippen molar-refractivity contribution in [1.82, 2.24) is 20.2 Å². The van der Waals surface area contributed by atoms with Crippen LogP contribution in [0.1, 0.15) is 0 Å². The van der Waals surface area contributed by atoms with Gasteiger partial charge >= 0.3 is 0 Å². The lowest BCUT2D eigenvalue weighted by Gasteiger charge is -2.02. The highest BCUT2D eigenvalue weighted by atomic mass is 19.1. The van der Waals surface area contributed by atoms with Gasteiger partial charge in [-0.25, -0.2) is 14.4 Å². The summed E-state index contributed by atoms with van der Waals surface area (Å²) < 4.78 is 13.1. The zero-order valence-corrected chi connectivity index (χ0v) is 11.5. The van der Waals surface area contributed by atoms with Gasteiger partial charge in [-0.15, -0.1) is 0 Å². The van der Waals surface area contributed by atoms with E-state index in [9.17, 15) is 4.39 Å². The maximum Gasteiger partial charge on any atom is 0.123 e. The fraction of sp³-hybridized carbons (Fsp3) is 0. The van der Waals surface area contributed by atoms with E-state index in [0.29, 0.717) is 0 Å². The second kappa shape index (κ2) is 5.04. The monoisotopic (exact) mass is 290 g/mol. The van der Waals surface area contributed by atoms with Crippen LogP contribution in [-0.2, 0) is 0 Å². The maximum atomic E-state index is 13.1. The number of hydrogen-bond acceptors (Lipinski definition) is 3. The summed E-state index contributed by atoms with van der Waals surface area (Å²) in [5.74, 6) is -0.259. The molecule has 4 rings (SSSR count). The summed E-state index contributed by atoms with van der Waals surface area (Å²) in [6.45, 7) is 0. The Morgan fingerprint density at radius 1 is 0.909 bits per heavy atom. The van der Waals surface area contributed by atoms with E-state index in [0.717, 1.165) is 33.4 Å². The lowest BCUT2D eigenvalue weighted by atomic mass is 10.0. The number of hydrogen-bond donors (Lipinski definition) is 1. The van der Waals surface area contributed by atoms with Gasteiger partial charge in [-0.05, 0) is 42.5 Å². The largest absolute Gasteiger partial charge is 0.277 e. The summed E-state index contributed by atoms with van der Waals surface area (Å²) in [7, 11) is 0. The number of halogens is 1. The highest BCUT2D eigenvalue weighted by Gasteiger charge is 2.10. The van der Waals surface area contributed by atoms with E-state index >= 15 is 0 Å². The van der Waals surface area contributed by atoms with Gasteiger partial charge in [0.1, 0.15) is 12.1 Å². The third-order valence-electron chi connectivity index (χ3n) is 3.56. The van der Waals surface area contributed by atoms with Crippen molar-refractivity contribution in [2.75, 3.05) is 0 Å². The van der Waals surface area contributed by atoms with Gasteiger partial charge in [0.05, 0.1) is 16.9 Å². The van der Waals surface area contributed by atoms with Crippen LogP contribution in [0.5, 0.6) is 0 Å². The molecule has 5 heteroatoms. The van der Waals surface area contributed by atoms with Crippen molar-refractivity contribution in [2.45, 2.75) is 0 Å². The van der Waals surface area contributed by atoms with Crippen molar-refractivity contribution in [3.05, 3.63) is 66.9 Å². The lowest BCUT2D eigenvalue weighted by molar-refractivity contribution is 0.628. The van der Waals surface area contributed by atoms with Crippen LogP contribution < -0.4 is 0 Å². The fourth-order valence-corrected chi connectivity index (χ4v) is 2.46. The average Bonchev–Trinajstić information content (AvgIpc) is 2.99. The molecule has 4 nitrogen and oxygen atoms in total. The third-order valence-corrected chi connectivity index (χ3v) is 3.56. The van der Waals surface area contributed by atoms with Crippen LogP contribution in [0.25, 0.3) is 33.4 Å². The number of nitrogens with zero attached hydrogens (tertiary/aromatic N) is 3. The van der Waals surface area contributed by atoms with Crippen molar-refractivity contribution >= 4 is 10.9 Å². The van der Waals surface area contributed by atoms with Gasteiger partial charge < -0.3 is 0 Å². The van der Waals surface area contributed by atoms with Crippen molar-refractivity contribution in [3.63, 3.8) is 0 Å². The molecule has 0 fully saturated rings. The molecule has 0 spiro atoms. The number of nitrogens with one attached hydrogen (secondary N) is 1. The standard InChI is InChI=1S/C17H11FN4/c18-13-4-1-11(2-5-13)17-14-9-12(3-6-16(14)21-22-17)15-7-8-19-10-20-15/h1-10H,(H,21,22). The van der Waals surface area contributed by atoms with Gasteiger partial charge in [-0.3, -0.25) is 5.10 Å². The first kappa shape index (κ1) is 12.6. The minimum Gasteiger partial charge on any atom is -0.277 e. The predicted octanol–water partition coefficient (Wildman–Crippen LogP) is 3.83. The fourth-order valence-electron chi connectivity index (χ4n) is 2.46. The molecular formula is C17H11FN4. The Balaban J connectivity index is 1.88. The maximum absolute atomic E-state index is 13.1. The molecule has 0 atom stereocenters. The summed E-state index contributed by atoms with van der Waals surface area (Å²) in [5, 5.41) is 8.33. The van der Waals surface area contributed by atoms with E-state index < -0.39 is 0 Å². The lowest BCUT2D eigenvalue weighted by Crippen LogP contribution is -1.84. The number of benzene rings is 2. The van der Waals surface area contributed by atoms with Gasteiger partial charge in [-0.1, -0.05) is 6.07 Å². The quantitative estimate of drug-likeness (QED) is 0.610. The molecule has 0 bridgehead atoms. The summed E-state index contributed by atoms with van der Waals surface area (Å²) in [6.07, 6.45) is 3.23. The van der Waals surface area contributed by atoms with Gasteiger partial charge in [0, 0.05) is 22.7 Å². The normalized spacial score (nSPS) is 11.0. The molecule has 2 heterocycles. The first-order chi connectivity index (χ1) is 10.8. The number of fused-ring (bicyclic) bond motifs is 1. The molecule has 0 radical (unpaired) electrons. The van der Waals surface area contributed by atoms with Gasteiger partial charge in [0.25, 0.3) is 0 Å². The SMILES string of the molecule is Fc1ccc(-c2n[nH]c3ccc(-c4ccncn4)cc23)cc1. The van der Waals surface area contributed by atoms with E-state index in [1.54, 1.807) is 18.3 Å². The van der Waals surface area contributed by atoms with Crippen LogP contribution in [-0.4, -0.2) is 20.2 Å². The molecule has 0 aliphatic heterocycles. The molecule has 0 saturated carbocycles. The summed E-state index contributed by atoms with van der Waals surface area (Å²) in [5.41, 5.74) is 4.43. The van der Waals surface area contributed by atoms with Crippen molar-refractivity contribution < 1.29 is 4.39 Å². The molecule has 4 aromatic rings. The second-order valence-corrected chi connectivity index (χ2v) is 4.93. The smallest absolute Gasteiger partial charge is 0.123 e. The van der Waals surface area contributed by atoms with Crippen molar-refractivity contribution in [2.24, 2.45) is 0 Å². The van der Waals surface area contributed by atoms with Gasteiger partial charge in [-0.2, -0.15) is 5.10 Å². The van der Waals surface area contributed by atoms with Crippen LogP contribution >= 0.6 is 0 Å². The Hall–Kier alpha value is -3.08. The zero-order valence-electron chi connectivity index (χ0n) is 11.5. The molecule has 2 aromatic carbocycles. The van der Waals surface area contributed by atoms with Gasteiger partial charge in [0.15, 0.2) is 0 Å². The Morgan fingerprint density at radius 2 is 1.73 bits per heavy atom. The predicted molar refractivity (Wildman–Crippen MR) is 82.5 cm³/mol. The van der Waals surface area contributed by atoms with E-state index in [4.69, 9.17) is 0 Å². The van der Waals surface area contributed by atoms with Crippen LogP contribution in [0.2, 0.25) is 0 Å². The van der Waals surface area contributed by atoms with E-state index in [1.807, 2.05) is 24.3 Å². The number of rotatable bonds is 2. The highest BCUT2D eigenvalue weighted by molar-refractivity contribution is 5.95. The van der Waals surface area contributed by atoms with Crippen LogP contribution in [0.3, 0.4) is 0 Å². The van der Waals surface area contributed by atoms with E-state index in [1.165, 1.54) is 18.5 Å². The summed E-state index contributed by atoms with van der Waals surface area (Å²) in [6, 6.07) is 14.2. The number of aromatic nitrogens is 4. The Bertz CT molecular complexity index is 930. The molecular weight excluding hydrogens is 279 g/mol. The van der Waals surface area contributed by atoms with Crippen LogP contribution in [0.4, 0.5) is 4.39 Å². The Morgan fingerprint density at radius 3 is 2.50 bits per heavy atom. The van der Waals surface area contributed by atoms with E-state index in [2.05, 4.69) is 20.2 Å². The number of H-pyrrole nitrogens is 1. The first-order valence-electron chi connectivity index (χ1n) is 6.82. The molecule has 0 aliphatic carbocycles. The second-order valence-electron chi connectivity index (χ2n) is 4.93. The topological polar surface area (TPSA) is 54.5 Å². The molecule has 1 N–H and O–H groups in total. The molecule has 0 unspecified atom stereocenters. The molecule has 0 amide bonds. The molecule has 2 aromatic heterocycles. The minimum atomic E-state index is -0.259. The Labute approximate surface area is 125 Å². The van der Waals surface area contributed by atoms with E-state index in [-0.39, 0.29) is 5.82 Å². The summed E-state index contributed by atoms with van der Waals surface area (Å²) >= 11 is 0. The molecule has 22 heavy (non-hydrogen) atoms.